The number of anilines is 1. The zero-order valence-corrected chi connectivity index (χ0v) is 18.7. The van der Waals surface area contributed by atoms with Crippen LogP contribution in [0.3, 0.4) is 0 Å². The fourth-order valence-corrected chi connectivity index (χ4v) is 4.47. The molecule has 2 fully saturated rings. The van der Waals surface area contributed by atoms with Gasteiger partial charge in [-0.05, 0) is 43.5 Å². The number of hydrogen-bond donors (Lipinski definition) is 3. The van der Waals surface area contributed by atoms with Crippen LogP contribution in [-0.2, 0) is 4.74 Å². The summed E-state index contributed by atoms with van der Waals surface area (Å²) in [6, 6.07) is 8.74. The van der Waals surface area contributed by atoms with E-state index in [-0.39, 0.29) is 12.2 Å². The Balaban J connectivity index is 1.36. The Kier molecular flexibility index (Phi) is 7.50. The summed E-state index contributed by atoms with van der Waals surface area (Å²) in [6.07, 6.45) is 6.16. The molecule has 32 heavy (non-hydrogen) atoms. The molecule has 0 bridgehead atoms. The van der Waals surface area contributed by atoms with Gasteiger partial charge >= 0.3 is 0 Å². The van der Waals surface area contributed by atoms with E-state index in [2.05, 4.69) is 49.2 Å². The Morgan fingerprint density at radius 2 is 2.03 bits per heavy atom. The van der Waals surface area contributed by atoms with E-state index in [1.54, 1.807) is 20.4 Å². The van der Waals surface area contributed by atoms with Crippen molar-refractivity contribution in [2.75, 3.05) is 45.8 Å². The summed E-state index contributed by atoms with van der Waals surface area (Å²) in [5.41, 5.74) is 9.41. The van der Waals surface area contributed by atoms with Gasteiger partial charge in [0.1, 0.15) is 17.6 Å². The van der Waals surface area contributed by atoms with Crippen molar-refractivity contribution >= 4 is 5.82 Å². The second-order valence-corrected chi connectivity index (χ2v) is 8.28. The fraction of sp³-hybridized carbons (Fsp3) is 0.522. The molecule has 4 rings (SSSR count). The van der Waals surface area contributed by atoms with Crippen LogP contribution in [0.4, 0.5) is 5.82 Å². The summed E-state index contributed by atoms with van der Waals surface area (Å²) in [6.45, 7) is 4.02. The monoisotopic (exact) mass is 437 g/mol. The molecule has 2 aliphatic rings. The number of rotatable bonds is 8. The van der Waals surface area contributed by atoms with Crippen molar-refractivity contribution in [3.63, 3.8) is 0 Å². The van der Waals surface area contributed by atoms with Gasteiger partial charge in [-0.15, -0.1) is 0 Å². The summed E-state index contributed by atoms with van der Waals surface area (Å²) < 4.78 is 11.0. The number of ether oxygens (including phenoxy) is 2. The van der Waals surface area contributed by atoms with E-state index < -0.39 is 0 Å². The Morgan fingerprint density at radius 3 is 2.72 bits per heavy atom. The summed E-state index contributed by atoms with van der Waals surface area (Å²) in [5, 5.41) is 12.2. The third-order valence-corrected chi connectivity index (χ3v) is 6.30. The first kappa shape index (κ1) is 22.4. The highest BCUT2D eigenvalue weighted by molar-refractivity contribution is 5.42. The van der Waals surface area contributed by atoms with Gasteiger partial charge < -0.3 is 19.7 Å². The van der Waals surface area contributed by atoms with E-state index in [9.17, 15) is 0 Å². The molecule has 2 aromatic rings. The Morgan fingerprint density at radius 1 is 1.19 bits per heavy atom. The minimum Gasteiger partial charge on any atom is -0.496 e. The summed E-state index contributed by atoms with van der Waals surface area (Å²) in [5.74, 6) is 2.11. The van der Waals surface area contributed by atoms with E-state index >= 15 is 0 Å². The molecule has 0 aliphatic carbocycles. The van der Waals surface area contributed by atoms with Gasteiger partial charge in [-0.2, -0.15) is 5.26 Å². The molecule has 1 aromatic carbocycles. The van der Waals surface area contributed by atoms with E-state index in [1.165, 1.54) is 11.8 Å². The maximum absolute atomic E-state index is 8.85. The van der Waals surface area contributed by atoms with Crippen molar-refractivity contribution in [3.05, 3.63) is 47.4 Å². The quantitative estimate of drug-likeness (QED) is 0.572. The van der Waals surface area contributed by atoms with Gasteiger partial charge in [-0.25, -0.2) is 20.8 Å². The summed E-state index contributed by atoms with van der Waals surface area (Å²) >= 11 is 0. The van der Waals surface area contributed by atoms with Crippen molar-refractivity contribution < 1.29 is 9.47 Å². The number of nitriles is 1. The lowest BCUT2D eigenvalue weighted by Crippen LogP contribution is -2.36. The largest absolute Gasteiger partial charge is 0.496 e. The summed E-state index contributed by atoms with van der Waals surface area (Å²) in [4.78, 5) is 10.8. The van der Waals surface area contributed by atoms with Crippen molar-refractivity contribution in [1.29, 1.82) is 5.26 Å². The minimum absolute atomic E-state index is 0.0111. The van der Waals surface area contributed by atoms with E-state index in [0.29, 0.717) is 17.4 Å². The zero-order valence-electron chi connectivity index (χ0n) is 18.7. The van der Waals surface area contributed by atoms with Crippen LogP contribution < -0.4 is 20.9 Å². The molecule has 0 amide bonds. The lowest BCUT2D eigenvalue weighted by atomic mass is 9.88. The predicted molar refractivity (Wildman–Crippen MR) is 121 cm³/mol. The molecule has 2 aliphatic heterocycles. The number of piperidine rings is 1. The van der Waals surface area contributed by atoms with Gasteiger partial charge in [0, 0.05) is 25.6 Å². The van der Waals surface area contributed by atoms with Crippen molar-refractivity contribution in [2.24, 2.45) is 0 Å². The highest BCUT2D eigenvalue weighted by Crippen LogP contribution is 2.35. The van der Waals surface area contributed by atoms with Crippen molar-refractivity contribution in [2.45, 2.75) is 37.4 Å². The normalized spacial score (nSPS) is 21.9. The summed E-state index contributed by atoms with van der Waals surface area (Å²) in [7, 11) is 3.50. The standard InChI is InChI=1S/C23H31N7O2/c1-31-10-9-30-7-5-16(6-8-30)17-3-4-19(21(11-17)32-2)20-12-22(29-28-20)27-23-15-25-18(13-24)14-26-23/h3-4,11,14-16,20,22,28-29H,5-10,12H2,1-2H3,(H,26,27). The molecule has 2 unspecified atom stereocenters. The Hall–Kier alpha value is -2.77. The minimum atomic E-state index is -0.0111. The number of aromatic nitrogens is 2. The first-order chi connectivity index (χ1) is 15.7. The van der Waals surface area contributed by atoms with Gasteiger partial charge in [0.25, 0.3) is 0 Å². The van der Waals surface area contributed by atoms with Crippen LogP contribution in [0.15, 0.2) is 30.6 Å². The van der Waals surface area contributed by atoms with Gasteiger partial charge in [-0.3, -0.25) is 0 Å². The molecule has 2 saturated heterocycles. The Bertz CT molecular complexity index is 923. The van der Waals surface area contributed by atoms with Crippen LogP contribution in [0.1, 0.15) is 48.0 Å². The zero-order chi connectivity index (χ0) is 22.3. The molecule has 0 spiro atoms. The first-order valence-corrected chi connectivity index (χ1v) is 11.1. The highest BCUT2D eigenvalue weighted by atomic mass is 16.5. The smallest absolute Gasteiger partial charge is 0.158 e. The van der Waals surface area contributed by atoms with Crippen LogP contribution in [0.5, 0.6) is 5.75 Å². The van der Waals surface area contributed by atoms with E-state index in [0.717, 1.165) is 56.8 Å². The molecular weight excluding hydrogens is 406 g/mol. The molecule has 3 N–H and O–H groups in total. The van der Waals surface area contributed by atoms with Crippen LogP contribution in [0, 0.1) is 11.3 Å². The molecule has 1 aromatic heterocycles. The second-order valence-electron chi connectivity index (χ2n) is 8.28. The third-order valence-electron chi connectivity index (χ3n) is 6.30. The van der Waals surface area contributed by atoms with Gasteiger partial charge in [0.2, 0.25) is 0 Å². The number of methoxy groups -OCH3 is 2. The molecule has 3 heterocycles. The molecule has 9 nitrogen and oxygen atoms in total. The molecule has 0 saturated carbocycles. The van der Waals surface area contributed by atoms with Gasteiger partial charge in [-0.1, -0.05) is 12.1 Å². The lowest BCUT2D eigenvalue weighted by Gasteiger charge is -2.32. The van der Waals surface area contributed by atoms with Gasteiger partial charge in [0.05, 0.1) is 38.3 Å². The van der Waals surface area contributed by atoms with E-state index in [1.807, 2.05) is 6.07 Å². The van der Waals surface area contributed by atoms with E-state index in [4.69, 9.17) is 14.7 Å². The van der Waals surface area contributed by atoms with Crippen LogP contribution in [0.25, 0.3) is 0 Å². The molecule has 170 valence electrons. The highest BCUT2D eigenvalue weighted by Gasteiger charge is 2.28. The second kappa shape index (κ2) is 10.7. The maximum Gasteiger partial charge on any atom is 0.158 e. The lowest BCUT2D eigenvalue weighted by molar-refractivity contribution is 0.130. The molecule has 2 atom stereocenters. The molecule has 9 heteroatoms. The Labute approximate surface area is 189 Å². The van der Waals surface area contributed by atoms with Crippen molar-refractivity contribution in [3.8, 4) is 11.8 Å². The third kappa shape index (κ3) is 5.34. The van der Waals surface area contributed by atoms with Crippen LogP contribution in [-0.4, -0.2) is 61.5 Å². The van der Waals surface area contributed by atoms with Crippen molar-refractivity contribution in [1.82, 2.24) is 25.7 Å². The average molecular weight is 438 g/mol. The number of hydrogen-bond acceptors (Lipinski definition) is 9. The number of hydrazine groups is 1. The number of benzene rings is 1. The SMILES string of the molecule is COCCN1CCC(c2ccc(C3CC(Nc4cnc(C#N)cn4)NN3)c(OC)c2)CC1. The van der Waals surface area contributed by atoms with Crippen LogP contribution >= 0.6 is 0 Å². The number of nitrogens with one attached hydrogen (secondary N) is 3. The molecular formula is C23H31N7O2. The number of likely N-dealkylation sites (tertiary alicyclic amines) is 1. The first-order valence-electron chi connectivity index (χ1n) is 11.1. The number of nitrogens with zero attached hydrogens (tertiary/aromatic N) is 4. The fourth-order valence-electron chi connectivity index (χ4n) is 4.47. The topological polar surface area (TPSA) is 107 Å². The maximum atomic E-state index is 8.85. The van der Waals surface area contributed by atoms with Gasteiger partial charge in [0.15, 0.2) is 5.69 Å². The van der Waals surface area contributed by atoms with Crippen LogP contribution in [0.2, 0.25) is 0 Å². The average Bonchev–Trinajstić information content (AvgIpc) is 3.31. The molecule has 0 radical (unpaired) electrons. The predicted octanol–water partition coefficient (Wildman–Crippen LogP) is 2.16.